The van der Waals surface area contributed by atoms with Gasteiger partial charge in [-0.2, -0.15) is 0 Å². The summed E-state index contributed by atoms with van der Waals surface area (Å²) in [6, 6.07) is 12.0. The molecule has 4 aromatic rings. The number of anilines is 2. The van der Waals surface area contributed by atoms with E-state index in [1.807, 2.05) is 13.0 Å². The third-order valence-electron chi connectivity index (χ3n) is 6.83. The molecule has 0 bridgehead atoms. The molecule has 2 aromatic carbocycles. The first-order valence-corrected chi connectivity index (χ1v) is 15.0. The van der Waals surface area contributed by atoms with Gasteiger partial charge in [0.15, 0.2) is 0 Å². The Labute approximate surface area is 233 Å². The summed E-state index contributed by atoms with van der Waals surface area (Å²) >= 11 is 0. The van der Waals surface area contributed by atoms with E-state index in [1.54, 1.807) is 49.6 Å². The number of hydrogen-bond donors (Lipinski definition) is 3. The molecule has 2 atom stereocenters. The fourth-order valence-corrected chi connectivity index (χ4v) is 6.12. The maximum atomic E-state index is 14.9. The predicted molar refractivity (Wildman–Crippen MR) is 156 cm³/mol. The van der Waals surface area contributed by atoms with Crippen LogP contribution in [-0.2, 0) is 10.0 Å². The van der Waals surface area contributed by atoms with Gasteiger partial charge in [0.1, 0.15) is 11.6 Å². The van der Waals surface area contributed by atoms with Crippen LogP contribution in [0.25, 0.3) is 22.0 Å². The monoisotopic (exact) mass is 564 g/mol. The Bertz CT molecular complexity index is 1630. The number of fused-ring (bicyclic) bond motifs is 1. The van der Waals surface area contributed by atoms with E-state index in [4.69, 9.17) is 9.72 Å². The molecule has 1 saturated heterocycles. The van der Waals surface area contributed by atoms with E-state index in [1.165, 1.54) is 6.07 Å². The van der Waals surface area contributed by atoms with E-state index in [2.05, 4.69) is 32.2 Å². The smallest absolute Gasteiger partial charge is 0.232 e. The lowest BCUT2D eigenvalue weighted by Gasteiger charge is -2.28. The minimum absolute atomic E-state index is 0.102. The molecular formula is C29H33FN6O3S. The second kappa shape index (κ2) is 11.7. The van der Waals surface area contributed by atoms with Crippen LogP contribution in [0.15, 0.2) is 54.9 Å². The molecular weight excluding hydrogens is 531 g/mol. The Balaban J connectivity index is 1.50. The average Bonchev–Trinajstić information content (AvgIpc) is 2.92. The lowest BCUT2D eigenvalue weighted by molar-refractivity contribution is 0.377. The summed E-state index contributed by atoms with van der Waals surface area (Å²) in [6.07, 6.45) is 4.76. The molecule has 40 heavy (non-hydrogen) atoms. The summed E-state index contributed by atoms with van der Waals surface area (Å²) in [4.78, 5) is 13.6. The SMILES string of the molecule is CCCS(=O)(=O)Nc1c(F)ccc2c(Oc3ncccc3-c3ccnc(N[C@@H]4CNC[C@H](C)C4)n3)c(C)ccc12. The van der Waals surface area contributed by atoms with Crippen molar-refractivity contribution in [3.05, 3.63) is 66.2 Å². The van der Waals surface area contributed by atoms with Gasteiger partial charge in [-0.05, 0) is 68.1 Å². The highest BCUT2D eigenvalue weighted by Gasteiger charge is 2.21. The van der Waals surface area contributed by atoms with Crippen LogP contribution in [0.3, 0.4) is 0 Å². The van der Waals surface area contributed by atoms with Gasteiger partial charge in [0, 0.05) is 35.8 Å². The molecule has 1 aliphatic rings. The molecule has 3 heterocycles. The molecule has 0 aliphatic carbocycles. The first-order chi connectivity index (χ1) is 19.2. The van der Waals surface area contributed by atoms with E-state index in [9.17, 15) is 12.8 Å². The van der Waals surface area contributed by atoms with Gasteiger partial charge in [-0.1, -0.05) is 26.0 Å². The predicted octanol–water partition coefficient (Wildman–Crippen LogP) is 5.49. The van der Waals surface area contributed by atoms with E-state index in [0.717, 1.165) is 25.1 Å². The molecule has 0 spiro atoms. The summed E-state index contributed by atoms with van der Waals surface area (Å²) in [5, 5.41) is 7.79. The van der Waals surface area contributed by atoms with Crippen LogP contribution in [-0.4, -0.2) is 48.3 Å². The van der Waals surface area contributed by atoms with Crippen molar-refractivity contribution in [3.8, 4) is 22.9 Å². The Hall–Kier alpha value is -3.83. The molecule has 3 N–H and O–H groups in total. The topological polar surface area (TPSA) is 118 Å². The molecule has 0 radical (unpaired) electrons. The fraction of sp³-hybridized carbons (Fsp3) is 0.345. The summed E-state index contributed by atoms with van der Waals surface area (Å²) in [7, 11) is -3.71. The van der Waals surface area contributed by atoms with E-state index >= 15 is 0 Å². The number of benzene rings is 2. The average molecular weight is 565 g/mol. The maximum Gasteiger partial charge on any atom is 0.232 e. The summed E-state index contributed by atoms with van der Waals surface area (Å²) < 4.78 is 48.6. The number of aromatic nitrogens is 3. The van der Waals surface area contributed by atoms with Gasteiger partial charge in [0.2, 0.25) is 21.9 Å². The molecule has 9 nitrogen and oxygen atoms in total. The molecule has 11 heteroatoms. The van der Waals surface area contributed by atoms with Gasteiger partial charge < -0.3 is 15.4 Å². The van der Waals surface area contributed by atoms with Crippen LogP contribution in [0, 0.1) is 18.7 Å². The molecule has 5 rings (SSSR count). The second-order valence-corrected chi connectivity index (χ2v) is 12.1. The number of sulfonamides is 1. The molecule has 0 saturated carbocycles. The number of pyridine rings is 1. The number of rotatable bonds is 9. The number of ether oxygens (including phenoxy) is 1. The molecule has 210 valence electrons. The van der Waals surface area contributed by atoms with E-state index < -0.39 is 15.8 Å². The maximum absolute atomic E-state index is 14.9. The van der Waals surface area contributed by atoms with Crippen molar-refractivity contribution in [1.29, 1.82) is 0 Å². The zero-order valence-corrected chi connectivity index (χ0v) is 23.6. The summed E-state index contributed by atoms with van der Waals surface area (Å²) in [5.41, 5.74) is 1.97. The molecule has 0 amide bonds. The van der Waals surface area contributed by atoms with Crippen molar-refractivity contribution in [2.45, 2.75) is 39.7 Å². The van der Waals surface area contributed by atoms with Crippen LogP contribution in [0.2, 0.25) is 0 Å². The third kappa shape index (κ3) is 6.15. The first-order valence-electron chi connectivity index (χ1n) is 13.4. The Kier molecular flexibility index (Phi) is 8.13. The van der Waals surface area contributed by atoms with Gasteiger partial charge in [0.05, 0.1) is 22.7 Å². The summed E-state index contributed by atoms with van der Waals surface area (Å²) in [6.45, 7) is 7.68. The quantitative estimate of drug-likeness (QED) is 0.244. The zero-order chi connectivity index (χ0) is 28.3. The minimum atomic E-state index is -3.71. The lowest BCUT2D eigenvalue weighted by Crippen LogP contribution is -2.42. The lowest BCUT2D eigenvalue weighted by atomic mass is 9.98. The number of nitrogens with one attached hydrogen (secondary N) is 3. The minimum Gasteiger partial charge on any atom is -0.437 e. The largest absolute Gasteiger partial charge is 0.437 e. The molecule has 1 fully saturated rings. The highest BCUT2D eigenvalue weighted by Crippen LogP contribution is 2.39. The van der Waals surface area contributed by atoms with Crippen molar-refractivity contribution in [3.63, 3.8) is 0 Å². The zero-order valence-electron chi connectivity index (χ0n) is 22.7. The van der Waals surface area contributed by atoms with Crippen LogP contribution in [0.4, 0.5) is 16.0 Å². The second-order valence-electron chi connectivity index (χ2n) is 10.2. The van der Waals surface area contributed by atoms with Crippen molar-refractivity contribution in [2.24, 2.45) is 5.92 Å². The Morgan fingerprint density at radius 3 is 2.70 bits per heavy atom. The van der Waals surface area contributed by atoms with Crippen LogP contribution < -0.4 is 20.1 Å². The van der Waals surface area contributed by atoms with Crippen molar-refractivity contribution in [2.75, 3.05) is 28.9 Å². The van der Waals surface area contributed by atoms with Crippen LogP contribution >= 0.6 is 0 Å². The number of aryl methyl sites for hydroxylation is 1. The first kappa shape index (κ1) is 27.7. The molecule has 0 unspecified atom stereocenters. The van der Waals surface area contributed by atoms with Crippen LogP contribution in [0.5, 0.6) is 11.6 Å². The van der Waals surface area contributed by atoms with Crippen molar-refractivity contribution < 1.29 is 17.5 Å². The number of piperidine rings is 1. The fourth-order valence-electron chi connectivity index (χ4n) is 4.97. The molecule has 2 aromatic heterocycles. The van der Waals surface area contributed by atoms with E-state index in [0.29, 0.717) is 51.9 Å². The highest BCUT2D eigenvalue weighted by atomic mass is 32.2. The summed E-state index contributed by atoms with van der Waals surface area (Å²) in [5.74, 6) is 1.07. The van der Waals surface area contributed by atoms with Gasteiger partial charge in [-0.3, -0.25) is 4.72 Å². The third-order valence-corrected chi connectivity index (χ3v) is 8.29. The highest BCUT2D eigenvalue weighted by molar-refractivity contribution is 7.92. The van der Waals surface area contributed by atoms with Gasteiger partial charge in [-0.15, -0.1) is 0 Å². The van der Waals surface area contributed by atoms with Gasteiger partial charge in [0.25, 0.3) is 0 Å². The number of nitrogens with zero attached hydrogens (tertiary/aromatic N) is 3. The standard InChI is InChI=1S/C29H33FN6O3S/c1-4-14-40(37,38)36-26-21-8-7-19(3)27(22(21)9-10-24(26)30)39-28-23(6-5-12-32-28)25-11-13-33-29(35-25)34-20-15-18(2)16-31-17-20/h5-13,18,20,31,36H,4,14-17H2,1-3H3,(H,33,34,35)/t18-,20+/m1/s1. The molecule has 1 aliphatic heterocycles. The number of hydrogen-bond acceptors (Lipinski definition) is 8. The van der Waals surface area contributed by atoms with Gasteiger partial charge in [-0.25, -0.2) is 27.8 Å². The Morgan fingerprint density at radius 2 is 1.90 bits per heavy atom. The van der Waals surface area contributed by atoms with Gasteiger partial charge >= 0.3 is 0 Å². The van der Waals surface area contributed by atoms with Crippen molar-refractivity contribution >= 4 is 32.4 Å². The number of halogens is 1. The van der Waals surface area contributed by atoms with Crippen LogP contribution in [0.1, 0.15) is 32.3 Å². The Morgan fingerprint density at radius 1 is 1.07 bits per heavy atom. The van der Waals surface area contributed by atoms with E-state index in [-0.39, 0.29) is 17.5 Å². The van der Waals surface area contributed by atoms with Crippen molar-refractivity contribution in [1.82, 2.24) is 20.3 Å². The normalized spacial score (nSPS) is 17.5.